The van der Waals surface area contributed by atoms with Crippen LogP contribution in [0, 0.1) is 0 Å². The molecule has 0 radical (unpaired) electrons. The van der Waals surface area contributed by atoms with E-state index in [2.05, 4.69) is 19.9 Å². The van der Waals surface area contributed by atoms with Gasteiger partial charge in [-0.3, -0.25) is 4.21 Å². The molecule has 1 aliphatic heterocycles. The summed E-state index contributed by atoms with van der Waals surface area (Å²) < 4.78 is 18.6. The fraction of sp³-hybridized carbons (Fsp3) is 0.529. The molecule has 3 rings (SSSR count). The van der Waals surface area contributed by atoms with Crippen molar-refractivity contribution in [3.05, 3.63) is 42.0 Å². The Morgan fingerprint density at radius 3 is 2.80 bits per heavy atom. The maximum absolute atomic E-state index is 12.8. The average molecular weight is 290 g/mol. The highest BCUT2D eigenvalue weighted by atomic mass is 32.2. The van der Waals surface area contributed by atoms with Crippen molar-refractivity contribution >= 4 is 10.8 Å². The summed E-state index contributed by atoms with van der Waals surface area (Å²) in [6, 6.07) is 9.86. The molecule has 2 nitrogen and oxygen atoms in total. The lowest BCUT2D eigenvalue weighted by atomic mass is 9.95. The lowest BCUT2D eigenvalue weighted by molar-refractivity contribution is 0.315. The van der Waals surface area contributed by atoms with Gasteiger partial charge in [0.1, 0.15) is 5.60 Å². The maximum atomic E-state index is 12.8. The summed E-state index contributed by atoms with van der Waals surface area (Å²) in [6.45, 7) is 4.34. The van der Waals surface area contributed by atoms with Crippen molar-refractivity contribution in [2.75, 3.05) is 0 Å². The molecular formula is C17H22O2S. The third-order valence-electron chi connectivity index (χ3n) is 4.51. The van der Waals surface area contributed by atoms with Crippen molar-refractivity contribution in [1.29, 1.82) is 0 Å². The largest absolute Gasteiger partial charge is 0.362 e. The lowest BCUT2D eigenvalue weighted by Crippen LogP contribution is -2.19. The quantitative estimate of drug-likeness (QED) is 0.625. The number of benzene rings is 1. The SMILES string of the molecule is CC/C=C1/C[C@H](S(=O)c2ccccc2)CC[C@H]2O[C@@]12C. The van der Waals surface area contributed by atoms with Crippen molar-refractivity contribution in [2.45, 2.75) is 61.4 Å². The third kappa shape index (κ3) is 2.49. The van der Waals surface area contributed by atoms with Crippen LogP contribution in [-0.2, 0) is 15.5 Å². The first-order valence-corrected chi connectivity index (χ1v) is 8.69. The molecule has 1 saturated heterocycles. The van der Waals surface area contributed by atoms with Gasteiger partial charge >= 0.3 is 0 Å². The van der Waals surface area contributed by atoms with E-state index in [0.717, 1.165) is 30.6 Å². The Hall–Kier alpha value is -0.930. The predicted molar refractivity (Wildman–Crippen MR) is 82.1 cm³/mol. The van der Waals surface area contributed by atoms with Crippen molar-refractivity contribution in [2.24, 2.45) is 0 Å². The van der Waals surface area contributed by atoms with Crippen LogP contribution in [0.4, 0.5) is 0 Å². The number of epoxide rings is 1. The van der Waals surface area contributed by atoms with E-state index in [4.69, 9.17) is 4.74 Å². The summed E-state index contributed by atoms with van der Waals surface area (Å²) in [4.78, 5) is 0.954. The predicted octanol–water partition coefficient (Wildman–Crippen LogP) is 3.84. The fourth-order valence-electron chi connectivity index (χ4n) is 3.23. The minimum absolute atomic E-state index is 0.0638. The monoisotopic (exact) mass is 290 g/mol. The van der Waals surface area contributed by atoms with Crippen LogP contribution in [0.1, 0.15) is 39.5 Å². The molecule has 108 valence electrons. The Labute approximate surface area is 123 Å². The van der Waals surface area contributed by atoms with Crippen LogP contribution in [0.25, 0.3) is 0 Å². The summed E-state index contributed by atoms with van der Waals surface area (Å²) in [6.07, 6.45) is 6.57. The molecular weight excluding hydrogens is 268 g/mol. The number of ether oxygens (including phenoxy) is 1. The van der Waals surface area contributed by atoms with E-state index in [1.807, 2.05) is 30.3 Å². The second-order valence-corrected chi connectivity index (χ2v) is 7.60. The van der Waals surface area contributed by atoms with Crippen molar-refractivity contribution in [3.8, 4) is 0 Å². The van der Waals surface area contributed by atoms with Gasteiger partial charge in [-0.25, -0.2) is 0 Å². The summed E-state index contributed by atoms with van der Waals surface area (Å²) in [5.41, 5.74) is 1.29. The van der Waals surface area contributed by atoms with Gasteiger partial charge in [0.15, 0.2) is 0 Å². The van der Waals surface area contributed by atoms with E-state index < -0.39 is 10.8 Å². The molecule has 0 aromatic heterocycles. The molecule has 3 heteroatoms. The van der Waals surface area contributed by atoms with Crippen LogP contribution >= 0.6 is 0 Å². The van der Waals surface area contributed by atoms with Gasteiger partial charge in [0.25, 0.3) is 0 Å². The average Bonchev–Trinajstić information content (AvgIpc) is 3.15. The van der Waals surface area contributed by atoms with E-state index in [1.54, 1.807) is 0 Å². The van der Waals surface area contributed by atoms with Gasteiger partial charge in [-0.2, -0.15) is 0 Å². The Morgan fingerprint density at radius 2 is 2.10 bits per heavy atom. The number of hydrogen-bond donors (Lipinski definition) is 0. The van der Waals surface area contributed by atoms with Crippen LogP contribution < -0.4 is 0 Å². The summed E-state index contributed by atoms with van der Waals surface area (Å²) in [5.74, 6) is 0. The number of rotatable bonds is 3. The van der Waals surface area contributed by atoms with Crippen LogP contribution in [0.5, 0.6) is 0 Å². The van der Waals surface area contributed by atoms with Crippen LogP contribution in [0.3, 0.4) is 0 Å². The molecule has 2 fully saturated rings. The maximum Gasteiger partial charge on any atom is 0.113 e. The molecule has 1 heterocycles. The zero-order valence-corrected chi connectivity index (χ0v) is 13.0. The van der Waals surface area contributed by atoms with Crippen molar-refractivity contribution < 1.29 is 8.95 Å². The van der Waals surface area contributed by atoms with Gasteiger partial charge in [-0.05, 0) is 50.3 Å². The number of fused-ring (bicyclic) bond motifs is 1. The second-order valence-electron chi connectivity index (χ2n) is 5.87. The minimum atomic E-state index is -0.914. The highest BCUT2D eigenvalue weighted by molar-refractivity contribution is 7.85. The van der Waals surface area contributed by atoms with Gasteiger partial charge < -0.3 is 4.74 Å². The Balaban J connectivity index is 1.82. The van der Waals surface area contributed by atoms with Gasteiger partial charge in [0.2, 0.25) is 0 Å². The number of allylic oxidation sites excluding steroid dienone is 1. The van der Waals surface area contributed by atoms with Gasteiger partial charge in [0.05, 0.1) is 16.9 Å². The van der Waals surface area contributed by atoms with Crippen LogP contribution in [0.15, 0.2) is 46.9 Å². The van der Waals surface area contributed by atoms with Gasteiger partial charge in [-0.15, -0.1) is 0 Å². The summed E-state index contributed by atoms with van der Waals surface area (Å²) in [5, 5.41) is 0.225. The minimum Gasteiger partial charge on any atom is -0.362 e. The summed E-state index contributed by atoms with van der Waals surface area (Å²) >= 11 is 0. The van der Waals surface area contributed by atoms with E-state index in [-0.39, 0.29) is 10.9 Å². The molecule has 0 bridgehead atoms. The van der Waals surface area contributed by atoms with Crippen LogP contribution in [0.2, 0.25) is 0 Å². The highest BCUT2D eigenvalue weighted by Gasteiger charge is 2.56. The molecule has 4 atom stereocenters. The number of hydrogen-bond acceptors (Lipinski definition) is 2. The molecule has 2 aliphatic rings. The van der Waals surface area contributed by atoms with E-state index in [1.165, 1.54) is 5.57 Å². The third-order valence-corrected chi connectivity index (χ3v) is 6.25. The summed E-state index contributed by atoms with van der Waals surface area (Å²) in [7, 11) is -0.914. The van der Waals surface area contributed by atoms with Gasteiger partial charge in [-0.1, -0.05) is 31.2 Å². The molecule has 1 aromatic rings. The van der Waals surface area contributed by atoms with E-state index in [9.17, 15) is 4.21 Å². The van der Waals surface area contributed by atoms with Gasteiger partial charge in [0, 0.05) is 10.1 Å². The topological polar surface area (TPSA) is 29.6 Å². The molecule has 20 heavy (non-hydrogen) atoms. The molecule has 0 N–H and O–H groups in total. The van der Waals surface area contributed by atoms with Crippen molar-refractivity contribution in [1.82, 2.24) is 0 Å². The Kier molecular flexibility index (Phi) is 3.83. The Bertz CT molecular complexity index is 537. The lowest BCUT2D eigenvalue weighted by Gasteiger charge is -2.18. The molecule has 1 saturated carbocycles. The van der Waals surface area contributed by atoms with E-state index in [0.29, 0.717) is 6.10 Å². The first-order valence-electron chi connectivity index (χ1n) is 7.48. The van der Waals surface area contributed by atoms with E-state index >= 15 is 0 Å². The highest BCUT2D eigenvalue weighted by Crippen LogP contribution is 2.50. The Morgan fingerprint density at radius 1 is 1.35 bits per heavy atom. The smallest absolute Gasteiger partial charge is 0.113 e. The zero-order chi connectivity index (χ0) is 14.2. The molecule has 0 spiro atoms. The molecule has 0 amide bonds. The molecule has 1 aliphatic carbocycles. The normalized spacial score (nSPS) is 36.2. The first kappa shape index (κ1) is 14.0. The van der Waals surface area contributed by atoms with Crippen LogP contribution in [-0.4, -0.2) is 21.2 Å². The molecule has 1 unspecified atom stereocenters. The zero-order valence-electron chi connectivity index (χ0n) is 12.2. The first-order chi connectivity index (χ1) is 9.65. The molecule has 1 aromatic carbocycles. The second kappa shape index (κ2) is 5.45. The standard InChI is InChI=1S/C17H22O2S/c1-3-7-13-12-15(10-11-16-17(13,2)19-16)20(18)14-8-5-4-6-9-14/h4-9,15-16H,3,10-12H2,1-2H3/b13-7-/t15-,16-,17+,20?/m1/s1. The van der Waals surface area contributed by atoms with Crippen molar-refractivity contribution in [3.63, 3.8) is 0 Å². The fourth-order valence-corrected chi connectivity index (χ4v) is 4.72.